The molecule has 0 aliphatic carbocycles. The third-order valence-electron chi connectivity index (χ3n) is 4.16. The number of nitriles is 1. The number of hydrogen-bond donors (Lipinski definition) is 2. The lowest BCUT2D eigenvalue weighted by Crippen LogP contribution is -2.35. The average Bonchev–Trinajstić information content (AvgIpc) is 3.15. The number of carbonyl (C=O) groups is 1. The lowest BCUT2D eigenvalue weighted by atomic mass is 9.91. The van der Waals surface area contributed by atoms with Crippen LogP contribution in [0.5, 0.6) is 0 Å². The van der Waals surface area contributed by atoms with Gasteiger partial charge in [0.05, 0.1) is 34.5 Å². The van der Waals surface area contributed by atoms with Gasteiger partial charge < -0.3 is 10.1 Å². The molecule has 1 amide bonds. The second kappa shape index (κ2) is 7.47. The molecule has 2 atom stereocenters. The SMILES string of the molecule is N#Cc1ccc(Cl)c(C(=O)NC[C@@H]2CCCO[C@H]2c2cn[nH]c2)c1. The maximum absolute atomic E-state index is 12.4. The fourth-order valence-electron chi connectivity index (χ4n) is 2.93. The summed E-state index contributed by atoms with van der Waals surface area (Å²) in [6.07, 6.45) is 5.40. The van der Waals surface area contributed by atoms with Gasteiger partial charge in [-0.1, -0.05) is 11.6 Å². The first-order valence-corrected chi connectivity index (χ1v) is 8.15. The second-order valence-corrected chi connectivity index (χ2v) is 6.15. The molecular weight excluding hydrogens is 328 g/mol. The molecule has 1 aromatic carbocycles. The van der Waals surface area contributed by atoms with E-state index in [9.17, 15) is 4.79 Å². The molecule has 1 aromatic heterocycles. The predicted molar refractivity (Wildman–Crippen MR) is 88.5 cm³/mol. The molecule has 1 aliphatic rings. The van der Waals surface area contributed by atoms with Gasteiger partial charge in [0, 0.05) is 30.8 Å². The molecule has 6 nitrogen and oxygen atoms in total. The number of carbonyl (C=O) groups excluding carboxylic acids is 1. The summed E-state index contributed by atoms with van der Waals surface area (Å²) in [4.78, 5) is 12.4. The van der Waals surface area contributed by atoms with Gasteiger partial charge in [0.1, 0.15) is 0 Å². The van der Waals surface area contributed by atoms with Crippen molar-refractivity contribution >= 4 is 17.5 Å². The number of amides is 1. The third kappa shape index (κ3) is 3.58. The molecule has 0 radical (unpaired) electrons. The van der Waals surface area contributed by atoms with E-state index in [1.807, 2.05) is 12.3 Å². The Balaban J connectivity index is 1.68. The number of ether oxygens (including phenoxy) is 1. The minimum Gasteiger partial charge on any atom is -0.373 e. The molecule has 2 N–H and O–H groups in total. The van der Waals surface area contributed by atoms with Gasteiger partial charge in [0.15, 0.2) is 0 Å². The van der Waals surface area contributed by atoms with Gasteiger partial charge in [-0.05, 0) is 31.0 Å². The number of aromatic amines is 1. The van der Waals surface area contributed by atoms with Crippen molar-refractivity contribution < 1.29 is 9.53 Å². The zero-order chi connectivity index (χ0) is 16.9. The van der Waals surface area contributed by atoms with E-state index >= 15 is 0 Å². The molecule has 2 aromatic rings. The quantitative estimate of drug-likeness (QED) is 0.892. The van der Waals surface area contributed by atoms with Crippen molar-refractivity contribution in [3.05, 3.63) is 52.3 Å². The Kier molecular flexibility index (Phi) is 5.14. The number of nitrogens with zero attached hydrogens (tertiary/aromatic N) is 2. The van der Waals surface area contributed by atoms with Crippen LogP contribution in [0.2, 0.25) is 5.02 Å². The average molecular weight is 345 g/mol. The van der Waals surface area contributed by atoms with E-state index in [1.165, 1.54) is 6.07 Å². The van der Waals surface area contributed by atoms with Crippen LogP contribution in [0.3, 0.4) is 0 Å². The molecule has 24 heavy (non-hydrogen) atoms. The minimum atomic E-state index is -0.284. The van der Waals surface area contributed by atoms with Crippen molar-refractivity contribution in [2.75, 3.05) is 13.2 Å². The zero-order valence-electron chi connectivity index (χ0n) is 13.0. The van der Waals surface area contributed by atoms with E-state index in [1.54, 1.807) is 18.3 Å². The Hall–Kier alpha value is -2.36. The number of nitrogens with one attached hydrogen (secondary N) is 2. The topological polar surface area (TPSA) is 90.8 Å². The molecule has 0 saturated carbocycles. The largest absolute Gasteiger partial charge is 0.373 e. The molecule has 0 bridgehead atoms. The molecule has 3 rings (SSSR count). The Labute approximate surface area is 144 Å². The highest BCUT2D eigenvalue weighted by molar-refractivity contribution is 6.33. The minimum absolute atomic E-state index is 0.0845. The highest BCUT2D eigenvalue weighted by Gasteiger charge is 2.28. The third-order valence-corrected chi connectivity index (χ3v) is 4.49. The van der Waals surface area contributed by atoms with Gasteiger partial charge in [0.2, 0.25) is 0 Å². The fourth-order valence-corrected chi connectivity index (χ4v) is 3.13. The van der Waals surface area contributed by atoms with Crippen LogP contribution >= 0.6 is 11.6 Å². The van der Waals surface area contributed by atoms with Crippen LogP contribution in [0.15, 0.2) is 30.6 Å². The maximum atomic E-state index is 12.4. The normalized spacial score (nSPS) is 20.3. The van der Waals surface area contributed by atoms with Gasteiger partial charge in [-0.15, -0.1) is 0 Å². The van der Waals surface area contributed by atoms with Gasteiger partial charge in [0.25, 0.3) is 5.91 Å². The summed E-state index contributed by atoms with van der Waals surface area (Å²) in [5.41, 5.74) is 1.70. The van der Waals surface area contributed by atoms with Gasteiger partial charge in [-0.2, -0.15) is 10.4 Å². The molecule has 1 fully saturated rings. The van der Waals surface area contributed by atoms with Crippen LogP contribution in [-0.2, 0) is 4.74 Å². The molecule has 1 saturated heterocycles. The number of halogens is 1. The fraction of sp³-hybridized carbons (Fsp3) is 0.353. The molecule has 1 aliphatic heterocycles. The van der Waals surface area contributed by atoms with Crippen molar-refractivity contribution in [1.82, 2.24) is 15.5 Å². The Bertz CT molecular complexity index is 754. The predicted octanol–water partition coefficient (Wildman–Crippen LogP) is 2.83. The first kappa shape index (κ1) is 16.5. The Morgan fingerprint density at radius 1 is 1.54 bits per heavy atom. The Morgan fingerprint density at radius 3 is 3.17 bits per heavy atom. The standard InChI is InChI=1S/C17H17ClN4O2/c18-15-4-3-11(7-19)6-14(15)17(23)20-8-12-2-1-5-24-16(12)13-9-21-22-10-13/h3-4,6,9-10,12,16H,1-2,5,8H2,(H,20,23)(H,21,22)/t12-,16+/m0/s1. The van der Waals surface area contributed by atoms with Gasteiger partial charge in [-0.25, -0.2) is 0 Å². The molecule has 0 spiro atoms. The smallest absolute Gasteiger partial charge is 0.252 e. The van der Waals surface area contributed by atoms with Gasteiger partial charge in [-0.3, -0.25) is 9.89 Å². The van der Waals surface area contributed by atoms with Crippen LogP contribution in [0.1, 0.15) is 40.4 Å². The van der Waals surface area contributed by atoms with E-state index < -0.39 is 0 Å². The summed E-state index contributed by atoms with van der Waals surface area (Å²) in [5, 5.41) is 19.0. The summed E-state index contributed by atoms with van der Waals surface area (Å²) >= 11 is 6.07. The number of hydrogen-bond acceptors (Lipinski definition) is 4. The van der Waals surface area contributed by atoms with Crippen LogP contribution in [0, 0.1) is 17.2 Å². The van der Waals surface area contributed by atoms with E-state index in [2.05, 4.69) is 15.5 Å². The molecule has 124 valence electrons. The Morgan fingerprint density at radius 2 is 2.42 bits per heavy atom. The second-order valence-electron chi connectivity index (χ2n) is 5.74. The van der Waals surface area contributed by atoms with Crippen molar-refractivity contribution in [2.24, 2.45) is 5.92 Å². The van der Waals surface area contributed by atoms with Crippen molar-refractivity contribution in [2.45, 2.75) is 18.9 Å². The first-order chi connectivity index (χ1) is 11.7. The van der Waals surface area contributed by atoms with Crippen LogP contribution in [0.4, 0.5) is 0 Å². The lowest BCUT2D eigenvalue weighted by molar-refractivity contribution is -0.0272. The number of aromatic nitrogens is 2. The number of benzene rings is 1. The molecule has 2 heterocycles. The summed E-state index contributed by atoms with van der Waals surface area (Å²) in [5.74, 6) is -0.119. The maximum Gasteiger partial charge on any atom is 0.252 e. The number of rotatable bonds is 4. The summed E-state index contributed by atoms with van der Waals surface area (Å²) in [6, 6.07) is 6.66. The van der Waals surface area contributed by atoms with Crippen LogP contribution in [-0.4, -0.2) is 29.3 Å². The van der Waals surface area contributed by atoms with Crippen LogP contribution < -0.4 is 5.32 Å². The summed E-state index contributed by atoms with van der Waals surface area (Å²) < 4.78 is 5.85. The highest BCUT2D eigenvalue weighted by atomic mass is 35.5. The molecule has 7 heteroatoms. The summed E-state index contributed by atoms with van der Waals surface area (Å²) in [6.45, 7) is 1.18. The summed E-state index contributed by atoms with van der Waals surface area (Å²) in [7, 11) is 0. The number of H-pyrrole nitrogens is 1. The van der Waals surface area contributed by atoms with Crippen molar-refractivity contribution in [3.63, 3.8) is 0 Å². The van der Waals surface area contributed by atoms with Gasteiger partial charge >= 0.3 is 0 Å². The van der Waals surface area contributed by atoms with E-state index in [4.69, 9.17) is 21.6 Å². The van der Waals surface area contributed by atoms with E-state index in [-0.39, 0.29) is 17.9 Å². The molecule has 0 unspecified atom stereocenters. The van der Waals surface area contributed by atoms with Crippen molar-refractivity contribution in [1.29, 1.82) is 5.26 Å². The van der Waals surface area contributed by atoms with E-state index in [0.29, 0.717) is 29.3 Å². The zero-order valence-corrected chi connectivity index (χ0v) is 13.7. The van der Waals surface area contributed by atoms with Crippen molar-refractivity contribution in [3.8, 4) is 6.07 Å². The highest BCUT2D eigenvalue weighted by Crippen LogP contribution is 2.32. The van der Waals surface area contributed by atoms with Crippen LogP contribution in [0.25, 0.3) is 0 Å². The molecular formula is C17H17ClN4O2. The monoisotopic (exact) mass is 344 g/mol. The lowest BCUT2D eigenvalue weighted by Gasteiger charge is -2.31. The first-order valence-electron chi connectivity index (χ1n) is 7.77. The van der Waals surface area contributed by atoms with E-state index in [0.717, 1.165) is 18.4 Å².